The van der Waals surface area contributed by atoms with Crippen LogP contribution in [0.1, 0.15) is 25.0 Å². The second-order valence-corrected chi connectivity index (χ2v) is 7.16. The van der Waals surface area contributed by atoms with Crippen molar-refractivity contribution in [2.24, 2.45) is 5.92 Å². The fourth-order valence-electron chi connectivity index (χ4n) is 2.74. The highest BCUT2D eigenvalue weighted by Crippen LogP contribution is 2.09. The molecule has 0 bridgehead atoms. The van der Waals surface area contributed by atoms with Crippen molar-refractivity contribution in [2.45, 2.75) is 39.0 Å². The first kappa shape index (κ1) is 22.9. The van der Waals surface area contributed by atoms with E-state index in [2.05, 4.69) is 10.6 Å². The highest BCUT2D eigenvalue weighted by atomic mass is 19.1. The molecule has 0 heterocycles. The van der Waals surface area contributed by atoms with E-state index in [1.807, 2.05) is 18.2 Å². The van der Waals surface area contributed by atoms with Crippen molar-refractivity contribution >= 4 is 18.0 Å². The molecule has 0 fully saturated rings. The molecule has 2 aromatic carbocycles. The van der Waals surface area contributed by atoms with E-state index in [4.69, 9.17) is 4.74 Å². The van der Waals surface area contributed by atoms with Crippen LogP contribution in [0.15, 0.2) is 54.6 Å². The topological polar surface area (TPSA) is 105 Å². The van der Waals surface area contributed by atoms with Crippen LogP contribution in [0, 0.1) is 11.7 Å². The van der Waals surface area contributed by atoms with Crippen molar-refractivity contribution in [1.29, 1.82) is 0 Å². The molecule has 7 nitrogen and oxygen atoms in total. The van der Waals surface area contributed by atoms with Crippen LogP contribution in [0.5, 0.6) is 0 Å². The van der Waals surface area contributed by atoms with Gasteiger partial charge in [-0.3, -0.25) is 4.79 Å². The summed E-state index contributed by atoms with van der Waals surface area (Å²) in [6, 6.07) is 12.2. The van der Waals surface area contributed by atoms with Crippen LogP contribution < -0.4 is 10.6 Å². The standard InChI is InChI=1S/C22H25FN2O5/c1-14(2)19(25-22(29)30-13-16-6-4-3-5-7-16)20(26)24-18(21(27)28)12-15-8-10-17(23)11-9-15/h3-11,14,18-19H,12-13H2,1-2H3,(H,24,26)(H,25,29)(H,27,28)/t18-,19-/m1/s1. The zero-order chi connectivity index (χ0) is 22.1. The molecule has 0 aromatic heterocycles. The number of rotatable bonds is 9. The van der Waals surface area contributed by atoms with Crippen LogP contribution >= 0.6 is 0 Å². The van der Waals surface area contributed by atoms with Crippen LogP contribution in [-0.2, 0) is 27.4 Å². The van der Waals surface area contributed by atoms with Gasteiger partial charge in [0.1, 0.15) is 24.5 Å². The Balaban J connectivity index is 1.97. The Kier molecular flexibility index (Phi) is 8.34. The smallest absolute Gasteiger partial charge is 0.408 e. The summed E-state index contributed by atoms with van der Waals surface area (Å²) in [7, 11) is 0. The summed E-state index contributed by atoms with van der Waals surface area (Å²) in [6.45, 7) is 3.48. The van der Waals surface area contributed by atoms with E-state index in [9.17, 15) is 23.9 Å². The molecule has 3 N–H and O–H groups in total. The Morgan fingerprint density at radius 3 is 2.17 bits per heavy atom. The van der Waals surface area contributed by atoms with Gasteiger partial charge in [0, 0.05) is 6.42 Å². The maximum atomic E-state index is 13.0. The molecule has 0 spiro atoms. The number of aliphatic carboxylic acids is 1. The van der Waals surface area contributed by atoms with E-state index < -0.39 is 35.9 Å². The maximum absolute atomic E-state index is 13.0. The molecule has 2 amide bonds. The van der Waals surface area contributed by atoms with Gasteiger partial charge < -0.3 is 20.5 Å². The molecular weight excluding hydrogens is 391 g/mol. The minimum absolute atomic E-state index is 0.0232. The quantitative estimate of drug-likeness (QED) is 0.583. The van der Waals surface area contributed by atoms with Crippen molar-refractivity contribution in [3.05, 3.63) is 71.5 Å². The van der Waals surface area contributed by atoms with E-state index >= 15 is 0 Å². The number of nitrogens with one attached hydrogen (secondary N) is 2. The van der Waals surface area contributed by atoms with Gasteiger partial charge in [-0.2, -0.15) is 0 Å². The van der Waals surface area contributed by atoms with Gasteiger partial charge in [-0.25, -0.2) is 14.0 Å². The summed E-state index contributed by atoms with van der Waals surface area (Å²) in [6.07, 6.45) is -0.803. The third kappa shape index (κ3) is 7.20. The van der Waals surface area contributed by atoms with Gasteiger partial charge in [0.2, 0.25) is 5.91 Å². The van der Waals surface area contributed by atoms with Crippen LogP contribution in [0.4, 0.5) is 9.18 Å². The summed E-state index contributed by atoms with van der Waals surface area (Å²) < 4.78 is 18.2. The van der Waals surface area contributed by atoms with Crippen molar-refractivity contribution in [3.8, 4) is 0 Å². The molecule has 2 rings (SSSR count). The number of amides is 2. The largest absolute Gasteiger partial charge is 0.480 e. The predicted molar refractivity (Wildman–Crippen MR) is 108 cm³/mol. The Morgan fingerprint density at radius 2 is 1.60 bits per heavy atom. The molecule has 0 saturated heterocycles. The molecule has 8 heteroatoms. The van der Waals surface area contributed by atoms with Gasteiger partial charge >= 0.3 is 12.1 Å². The number of carboxylic acid groups (broad SMARTS) is 1. The minimum atomic E-state index is -1.23. The number of carbonyl (C=O) groups excluding carboxylic acids is 2. The molecule has 0 radical (unpaired) electrons. The van der Waals surface area contributed by atoms with E-state index in [1.54, 1.807) is 26.0 Å². The third-order valence-corrected chi connectivity index (χ3v) is 4.40. The van der Waals surface area contributed by atoms with Gasteiger partial charge in [0.25, 0.3) is 0 Å². The molecule has 0 aliphatic rings. The van der Waals surface area contributed by atoms with Crippen molar-refractivity contribution < 1.29 is 28.6 Å². The lowest BCUT2D eigenvalue weighted by Crippen LogP contribution is -2.54. The lowest BCUT2D eigenvalue weighted by atomic mass is 10.0. The number of hydrogen-bond donors (Lipinski definition) is 3. The molecule has 2 atom stereocenters. The number of ether oxygens (including phenoxy) is 1. The molecule has 0 saturated carbocycles. The second kappa shape index (κ2) is 10.9. The number of carbonyl (C=O) groups is 3. The van der Waals surface area contributed by atoms with E-state index in [0.717, 1.165) is 5.56 Å². The summed E-state index contributed by atoms with van der Waals surface area (Å²) in [4.78, 5) is 36.3. The molecular formula is C22H25FN2O5. The molecule has 0 aliphatic carbocycles. The Bertz CT molecular complexity index is 856. The van der Waals surface area contributed by atoms with Gasteiger partial charge in [0.15, 0.2) is 0 Å². The van der Waals surface area contributed by atoms with Crippen LogP contribution in [-0.4, -0.2) is 35.2 Å². The van der Waals surface area contributed by atoms with Crippen LogP contribution in [0.2, 0.25) is 0 Å². The fraction of sp³-hybridized carbons (Fsp3) is 0.318. The van der Waals surface area contributed by atoms with Gasteiger partial charge in [-0.15, -0.1) is 0 Å². The summed E-state index contributed by atoms with van der Waals surface area (Å²) >= 11 is 0. The Morgan fingerprint density at radius 1 is 0.967 bits per heavy atom. The first-order chi connectivity index (χ1) is 14.3. The average Bonchev–Trinajstić information content (AvgIpc) is 2.71. The SMILES string of the molecule is CC(C)[C@@H](NC(=O)OCc1ccccc1)C(=O)N[C@H](Cc1ccc(F)cc1)C(=O)O. The Labute approximate surface area is 174 Å². The van der Waals surface area contributed by atoms with E-state index in [0.29, 0.717) is 5.56 Å². The molecule has 0 unspecified atom stereocenters. The zero-order valence-corrected chi connectivity index (χ0v) is 16.8. The number of carboxylic acids is 1. The molecule has 0 aliphatic heterocycles. The summed E-state index contributed by atoms with van der Waals surface area (Å²) in [5, 5.41) is 14.4. The van der Waals surface area contributed by atoms with Crippen molar-refractivity contribution in [1.82, 2.24) is 10.6 Å². The number of hydrogen-bond acceptors (Lipinski definition) is 4. The van der Waals surface area contributed by atoms with E-state index in [-0.39, 0.29) is 18.9 Å². The fourth-order valence-corrected chi connectivity index (χ4v) is 2.74. The number of benzene rings is 2. The van der Waals surface area contributed by atoms with Crippen molar-refractivity contribution in [3.63, 3.8) is 0 Å². The average molecular weight is 416 g/mol. The van der Waals surface area contributed by atoms with Gasteiger partial charge in [0.05, 0.1) is 0 Å². The first-order valence-corrected chi connectivity index (χ1v) is 9.51. The number of alkyl carbamates (subject to hydrolysis) is 1. The molecule has 30 heavy (non-hydrogen) atoms. The van der Waals surface area contributed by atoms with Crippen LogP contribution in [0.3, 0.4) is 0 Å². The maximum Gasteiger partial charge on any atom is 0.408 e. The highest BCUT2D eigenvalue weighted by Gasteiger charge is 2.29. The Hall–Kier alpha value is -3.42. The van der Waals surface area contributed by atoms with Crippen molar-refractivity contribution in [2.75, 3.05) is 0 Å². The highest BCUT2D eigenvalue weighted by molar-refractivity contribution is 5.89. The zero-order valence-electron chi connectivity index (χ0n) is 16.8. The van der Waals surface area contributed by atoms with Gasteiger partial charge in [-0.1, -0.05) is 56.3 Å². The lowest BCUT2D eigenvalue weighted by molar-refractivity contribution is -0.142. The number of halogens is 1. The molecule has 160 valence electrons. The third-order valence-electron chi connectivity index (χ3n) is 4.40. The van der Waals surface area contributed by atoms with Crippen LogP contribution in [0.25, 0.3) is 0 Å². The summed E-state index contributed by atoms with van der Waals surface area (Å²) in [5.41, 5.74) is 1.35. The predicted octanol–water partition coefficient (Wildman–Crippen LogP) is 2.89. The normalized spacial score (nSPS) is 12.7. The summed E-state index contributed by atoms with van der Waals surface area (Å²) in [5.74, 6) is -2.62. The second-order valence-electron chi connectivity index (χ2n) is 7.16. The lowest BCUT2D eigenvalue weighted by Gasteiger charge is -2.24. The molecule has 2 aromatic rings. The monoisotopic (exact) mass is 416 g/mol. The van der Waals surface area contributed by atoms with E-state index in [1.165, 1.54) is 24.3 Å². The minimum Gasteiger partial charge on any atom is -0.480 e. The first-order valence-electron chi connectivity index (χ1n) is 9.51. The van der Waals surface area contributed by atoms with Gasteiger partial charge in [-0.05, 0) is 29.2 Å².